The number of rotatable bonds is 7. The van der Waals surface area contributed by atoms with Crippen molar-refractivity contribution in [3.05, 3.63) is 58.2 Å². The van der Waals surface area contributed by atoms with Gasteiger partial charge in [0, 0.05) is 43.2 Å². The maximum atomic E-state index is 12.5. The van der Waals surface area contributed by atoms with Crippen LogP contribution in [0.15, 0.2) is 52.3 Å². The molecular weight excluding hydrogens is 462 g/mol. The lowest BCUT2D eigenvalue weighted by Gasteiger charge is -2.33. The van der Waals surface area contributed by atoms with Crippen molar-refractivity contribution in [3.8, 4) is 11.5 Å². The van der Waals surface area contributed by atoms with Gasteiger partial charge in [-0.1, -0.05) is 17.8 Å². The summed E-state index contributed by atoms with van der Waals surface area (Å²) in [5.41, 5.74) is 0.480. The van der Waals surface area contributed by atoms with Gasteiger partial charge in [0.1, 0.15) is 13.2 Å². The summed E-state index contributed by atoms with van der Waals surface area (Å²) in [5.74, 6) is 0.156. The van der Waals surface area contributed by atoms with E-state index in [4.69, 9.17) is 14.6 Å². The molecule has 178 valence electrons. The smallest absolute Gasteiger partial charge is 0.317 e. The molecular formula is C23H23N3O7S. The number of amides is 1. The van der Waals surface area contributed by atoms with Crippen molar-refractivity contribution in [1.82, 2.24) is 9.80 Å². The first-order valence-electron chi connectivity index (χ1n) is 10.7. The first kappa shape index (κ1) is 23.6. The van der Waals surface area contributed by atoms with Gasteiger partial charge in [-0.25, -0.2) is 0 Å². The molecule has 4 rings (SSSR count). The zero-order chi connectivity index (χ0) is 24.1. The Morgan fingerprint density at radius 2 is 1.79 bits per heavy atom. The highest BCUT2D eigenvalue weighted by atomic mass is 32.2. The molecule has 34 heavy (non-hydrogen) atoms. The standard InChI is InChI=1S/C23H23N3O7S/c27-22(25-9-7-24(8-10-25)15-23(28)29)6-2-16-1-5-21(18(13-16)26(30)31)34-17-3-4-19-20(14-17)33-12-11-32-19/h1-6,13-14H,7-12,15H2,(H,28,29). The number of aliphatic carboxylic acids is 1. The number of nitro groups is 1. The van der Waals surface area contributed by atoms with Crippen LogP contribution in [0.3, 0.4) is 0 Å². The molecule has 0 bridgehead atoms. The molecule has 0 aliphatic carbocycles. The lowest BCUT2D eigenvalue weighted by molar-refractivity contribution is -0.387. The van der Waals surface area contributed by atoms with E-state index in [1.165, 1.54) is 23.9 Å². The molecule has 1 N–H and O–H groups in total. The summed E-state index contributed by atoms with van der Waals surface area (Å²) in [7, 11) is 0. The Bertz CT molecular complexity index is 1130. The number of carboxylic acids is 1. The van der Waals surface area contributed by atoms with Crippen molar-refractivity contribution in [1.29, 1.82) is 0 Å². The second-order valence-electron chi connectivity index (χ2n) is 7.72. The molecule has 2 aliphatic heterocycles. The number of carbonyl (C=O) groups is 2. The maximum Gasteiger partial charge on any atom is 0.317 e. The molecule has 2 aromatic rings. The van der Waals surface area contributed by atoms with E-state index in [2.05, 4.69) is 0 Å². The molecule has 0 atom stereocenters. The monoisotopic (exact) mass is 485 g/mol. The second-order valence-corrected chi connectivity index (χ2v) is 8.84. The fourth-order valence-corrected chi connectivity index (χ4v) is 4.60. The van der Waals surface area contributed by atoms with Crippen molar-refractivity contribution in [2.24, 2.45) is 0 Å². The van der Waals surface area contributed by atoms with Gasteiger partial charge in [0.05, 0.1) is 16.4 Å². The molecule has 0 aromatic heterocycles. The third-order valence-corrected chi connectivity index (χ3v) is 6.44. The molecule has 1 fully saturated rings. The van der Waals surface area contributed by atoms with Crippen LogP contribution in [-0.2, 0) is 9.59 Å². The van der Waals surface area contributed by atoms with E-state index < -0.39 is 10.9 Å². The van der Waals surface area contributed by atoms with Crippen LogP contribution in [0, 0.1) is 10.1 Å². The van der Waals surface area contributed by atoms with Crippen molar-refractivity contribution in [2.75, 3.05) is 45.9 Å². The van der Waals surface area contributed by atoms with Gasteiger partial charge >= 0.3 is 5.97 Å². The Morgan fingerprint density at radius 3 is 2.50 bits per heavy atom. The number of carbonyl (C=O) groups excluding carboxylic acids is 1. The van der Waals surface area contributed by atoms with Crippen LogP contribution in [0.4, 0.5) is 5.69 Å². The third-order valence-electron chi connectivity index (χ3n) is 5.38. The fraction of sp³-hybridized carbons (Fsp3) is 0.304. The molecule has 0 saturated carbocycles. The number of piperazine rings is 1. The van der Waals surface area contributed by atoms with Gasteiger partial charge in [-0.2, -0.15) is 0 Å². The molecule has 11 heteroatoms. The summed E-state index contributed by atoms with van der Waals surface area (Å²) >= 11 is 1.25. The normalized spacial score (nSPS) is 15.9. The van der Waals surface area contributed by atoms with E-state index in [0.29, 0.717) is 61.4 Å². The van der Waals surface area contributed by atoms with E-state index in [1.54, 1.807) is 40.1 Å². The van der Waals surface area contributed by atoms with Gasteiger partial charge in [0.25, 0.3) is 5.69 Å². The van der Waals surface area contributed by atoms with Gasteiger partial charge in [0.15, 0.2) is 11.5 Å². The Labute approximate surface area is 199 Å². The number of carboxylic acid groups (broad SMARTS) is 1. The number of ether oxygens (including phenoxy) is 2. The van der Waals surface area contributed by atoms with Crippen molar-refractivity contribution in [2.45, 2.75) is 9.79 Å². The van der Waals surface area contributed by atoms with Crippen LogP contribution in [0.5, 0.6) is 11.5 Å². The van der Waals surface area contributed by atoms with E-state index >= 15 is 0 Å². The van der Waals surface area contributed by atoms with Crippen LogP contribution in [0.25, 0.3) is 6.08 Å². The Kier molecular flexibility index (Phi) is 7.33. The number of hydrogen-bond acceptors (Lipinski definition) is 8. The van der Waals surface area contributed by atoms with E-state index in [-0.39, 0.29) is 18.1 Å². The molecule has 2 aliphatic rings. The molecule has 2 aromatic carbocycles. The topological polar surface area (TPSA) is 122 Å². The SMILES string of the molecule is O=C(O)CN1CCN(C(=O)C=Cc2ccc(Sc3ccc4c(c3)OCCO4)c([N+](=O)[O-])c2)CC1. The summed E-state index contributed by atoms with van der Waals surface area (Å²) in [5, 5.41) is 20.6. The van der Waals surface area contributed by atoms with Crippen LogP contribution >= 0.6 is 11.8 Å². The van der Waals surface area contributed by atoms with E-state index in [0.717, 1.165) is 4.90 Å². The predicted molar refractivity (Wildman–Crippen MR) is 124 cm³/mol. The summed E-state index contributed by atoms with van der Waals surface area (Å²) in [6.45, 7) is 2.75. The lowest BCUT2D eigenvalue weighted by Crippen LogP contribution is -2.49. The van der Waals surface area contributed by atoms with Crippen LogP contribution in [-0.4, -0.2) is 77.6 Å². The third kappa shape index (κ3) is 5.86. The zero-order valence-corrected chi connectivity index (χ0v) is 19.0. The Hall–Kier alpha value is -3.57. The molecule has 1 saturated heterocycles. The molecule has 0 unspecified atom stereocenters. The second kappa shape index (κ2) is 10.6. The summed E-state index contributed by atoms with van der Waals surface area (Å²) in [6, 6.07) is 10.2. The van der Waals surface area contributed by atoms with E-state index in [1.807, 2.05) is 6.07 Å². The highest BCUT2D eigenvalue weighted by molar-refractivity contribution is 7.99. The average Bonchev–Trinajstić information content (AvgIpc) is 2.83. The summed E-state index contributed by atoms with van der Waals surface area (Å²) in [6.07, 6.45) is 2.94. The van der Waals surface area contributed by atoms with Gasteiger partial charge in [0.2, 0.25) is 5.91 Å². The number of nitrogens with zero attached hydrogens (tertiary/aromatic N) is 3. The van der Waals surface area contributed by atoms with Crippen molar-refractivity contribution < 1.29 is 29.1 Å². The predicted octanol–water partition coefficient (Wildman–Crippen LogP) is 2.76. The Morgan fingerprint density at radius 1 is 1.06 bits per heavy atom. The lowest BCUT2D eigenvalue weighted by atomic mass is 10.2. The van der Waals surface area contributed by atoms with Crippen LogP contribution in [0.1, 0.15) is 5.56 Å². The van der Waals surface area contributed by atoms with Gasteiger partial charge in [-0.3, -0.25) is 24.6 Å². The van der Waals surface area contributed by atoms with Crippen molar-refractivity contribution in [3.63, 3.8) is 0 Å². The summed E-state index contributed by atoms with van der Waals surface area (Å²) in [4.78, 5) is 39.2. The minimum Gasteiger partial charge on any atom is -0.486 e. The summed E-state index contributed by atoms with van der Waals surface area (Å²) < 4.78 is 11.1. The van der Waals surface area contributed by atoms with Gasteiger partial charge in [-0.15, -0.1) is 0 Å². The van der Waals surface area contributed by atoms with Crippen molar-refractivity contribution >= 4 is 35.4 Å². The number of nitro benzene ring substituents is 1. The maximum absolute atomic E-state index is 12.5. The Balaban J connectivity index is 1.42. The van der Waals surface area contributed by atoms with Gasteiger partial charge in [-0.05, 0) is 35.9 Å². The molecule has 0 spiro atoms. The average molecular weight is 486 g/mol. The van der Waals surface area contributed by atoms with Gasteiger partial charge < -0.3 is 19.5 Å². The quantitative estimate of drug-likeness (QED) is 0.358. The highest BCUT2D eigenvalue weighted by Gasteiger charge is 2.21. The molecule has 0 radical (unpaired) electrons. The number of hydrogen-bond donors (Lipinski definition) is 1. The zero-order valence-electron chi connectivity index (χ0n) is 18.2. The molecule has 10 nitrogen and oxygen atoms in total. The minimum atomic E-state index is -0.892. The number of benzene rings is 2. The number of fused-ring (bicyclic) bond motifs is 1. The first-order valence-corrected chi connectivity index (χ1v) is 11.5. The highest BCUT2D eigenvalue weighted by Crippen LogP contribution is 2.40. The molecule has 1 amide bonds. The largest absolute Gasteiger partial charge is 0.486 e. The van der Waals surface area contributed by atoms with Crippen LogP contribution < -0.4 is 9.47 Å². The molecule has 2 heterocycles. The minimum absolute atomic E-state index is 0.0435. The van der Waals surface area contributed by atoms with Crippen LogP contribution in [0.2, 0.25) is 0 Å². The first-order chi connectivity index (χ1) is 16.4. The van der Waals surface area contributed by atoms with E-state index in [9.17, 15) is 19.7 Å². The fourth-order valence-electron chi connectivity index (χ4n) is 3.67.